The zero-order valence-electron chi connectivity index (χ0n) is 17.7. The number of rotatable bonds is 11. The smallest absolute Gasteiger partial charge is 0.191 e. The van der Waals surface area contributed by atoms with Crippen LogP contribution in [0.4, 0.5) is 0 Å². The number of methoxy groups -OCH3 is 1. The molecule has 0 saturated carbocycles. The van der Waals surface area contributed by atoms with Crippen molar-refractivity contribution in [2.45, 2.75) is 46.2 Å². The molecule has 2 N–H and O–H groups in total. The Morgan fingerprint density at radius 2 is 1.97 bits per heavy atom. The minimum atomic E-state index is 0. The predicted octanol–water partition coefficient (Wildman–Crippen LogP) is 4.56. The number of ether oxygens (including phenoxy) is 2. The van der Waals surface area contributed by atoms with Crippen molar-refractivity contribution in [2.75, 3.05) is 26.9 Å². The zero-order valence-corrected chi connectivity index (χ0v) is 20.9. The summed E-state index contributed by atoms with van der Waals surface area (Å²) in [6.45, 7) is 9.90. The van der Waals surface area contributed by atoms with E-state index in [0.717, 1.165) is 54.2 Å². The first kappa shape index (κ1) is 25.6. The lowest BCUT2D eigenvalue weighted by Gasteiger charge is -2.12. The lowest BCUT2D eigenvalue weighted by Crippen LogP contribution is -2.37. The average molecular weight is 532 g/mol. The van der Waals surface area contributed by atoms with E-state index in [-0.39, 0.29) is 24.0 Å². The van der Waals surface area contributed by atoms with Crippen LogP contribution < -0.4 is 15.4 Å². The largest absolute Gasteiger partial charge is 0.497 e. The van der Waals surface area contributed by atoms with Crippen molar-refractivity contribution in [2.24, 2.45) is 4.99 Å². The van der Waals surface area contributed by atoms with Crippen LogP contribution in [0.15, 0.2) is 34.6 Å². The van der Waals surface area contributed by atoms with Crippen molar-refractivity contribution in [1.29, 1.82) is 0 Å². The maximum atomic E-state index is 5.40. The van der Waals surface area contributed by atoms with E-state index in [0.29, 0.717) is 19.0 Å². The lowest BCUT2D eigenvalue weighted by molar-refractivity contribution is 0.145. The third-order valence-corrected chi connectivity index (χ3v) is 4.98. The number of nitrogens with one attached hydrogen (secondary N) is 2. The van der Waals surface area contributed by atoms with Gasteiger partial charge in [0.05, 0.1) is 25.9 Å². The number of guanidine groups is 1. The highest BCUT2D eigenvalue weighted by molar-refractivity contribution is 14.0. The van der Waals surface area contributed by atoms with Crippen molar-refractivity contribution in [3.8, 4) is 5.75 Å². The molecule has 0 aliphatic heterocycles. The summed E-state index contributed by atoms with van der Waals surface area (Å²) in [5, 5.41) is 9.97. The van der Waals surface area contributed by atoms with E-state index in [1.807, 2.05) is 31.2 Å². The molecule has 2 aromatic rings. The Labute approximate surface area is 195 Å². The van der Waals surface area contributed by atoms with E-state index in [1.165, 1.54) is 0 Å². The van der Waals surface area contributed by atoms with Crippen molar-refractivity contribution < 1.29 is 9.47 Å². The minimum absolute atomic E-state index is 0. The first-order valence-electron chi connectivity index (χ1n) is 9.79. The number of aromatic nitrogens is 1. The molecule has 6 nitrogen and oxygen atoms in total. The molecule has 0 saturated heterocycles. The summed E-state index contributed by atoms with van der Waals surface area (Å²) >= 11 is 1.68. The van der Waals surface area contributed by atoms with Crippen LogP contribution in [-0.2, 0) is 17.8 Å². The van der Waals surface area contributed by atoms with Crippen LogP contribution in [-0.4, -0.2) is 37.8 Å². The molecule has 1 heterocycles. The minimum Gasteiger partial charge on any atom is -0.497 e. The molecule has 0 amide bonds. The second-order valence-corrected chi connectivity index (χ2v) is 7.61. The van der Waals surface area contributed by atoms with Gasteiger partial charge in [-0.25, -0.2) is 9.98 Å². The standard InChI is InChI=1S/C21H32N4O2S.HI/c1-5-27-12-6-11-22-21(23-13-17-7-9-18(26-4)10-8-17)24-14-20-25-19(15-28-20)16(2)3;/h7-10,15-16H,5-6,11-14H2,1-4H3,(H2,22,23,24);1H. The molecule has 0 atom stereocenters. The van der Waals surface area contributed by atoms with Crippen LogP contribution in [0, 0.1) is 0 Å². The summed E-state index contributed by atoms with van der Waals surface area (Å²) in [4.78, 5) is 9.39. The second kappa shape index (κ2) is 14.6. The molecule has 0 spiro atoms. The van der Waals surface area contributed by atoms with Crippen LogP contribution in [0.2, 0.25) is 0 Å². The molecular formula is C21H33IN4O2S. The average Bonchev–Trinajstić information content (AvgIpc) is 3.19. The number of halogens is 1. The normalized spacial score (nSPS) is 11.3. The van der Waals surface area contributed by atoms with E-state index in [2.05, 4.69) is 34.8 Å². The third-order valence-electron chi connectivity index (χ3n) is 4.11. The monoisotopic (exact) mass is 532 g/mol. The highest BCUT2D eigenvalue weighted by atomic mass is 127. The quantitative estimate of drug-likeness (QED) is 0.192. The highest BCUT2D eigenvalue weighted by Gasteiger charge is 2.07. The third kappa shape index (κ3) is 9.77. The summed E-state index contributed by atoms with van der Waals surface area (Å²) < 4.78 is 10.6. The number of aliphatic imine (C=N–C) groups is 1. The summed E-state index contributed by atoms with van der Waals surface area (Å²) in [7, 11) is 1.67. The molecule has 29 heavy (non-hydrogen) atoms. The van der Waals surface area contributed by atoms with Crippen LogP contribution in [0.3, 0.4) is 0 Å². The molecule has 0 bridgehead atoms. The Bertz CT molecular complexity index is 720. The van der Waals surface area contributed by atoms with Crippen LogP contribution >= 0.6 is 35.3 Å². The highest BCUT2D eigenvalue weighted by Crippen LogP contribution is 2.17. The summed E-state index contributed by atoms with van der Waals surface area (Å²) in [6, 6.07) is 7.97. The molecule has 0 unspecified atom stereocenters. The fourth-order valence-corrected chi connectivity index (χ4v) is 3.33. The van der Waals surface area contributed by atoms with Gasteiger partial charge in [0.15, 0.2) is 5.96 Å². The topological polar surface area (TPSA) is 67.8 Å². The maximum Gasteiger partial charge on any atom is 0.191 e. The number of nitrogens with zero attached hydrogens (tertiary/aromatic N) is 2. The summed E-state index contributed by atoms with van der Waals surface area (Å²) in [6.07, 6.45) is 0.936. The molecule has 8 heteroatoms. The van der Waals surface area contributed by atoms with Gasteiger partial charge in [-0.2, -0.15) is 0 Å². The van der Waals surface area contributed by atoms with Gasteiger partial charge in [0.25, 0.3) is 0 Å². The number of benzene rings is 1. The van der Waals surface area contributed by atoms with Crippen molar-refractivity contribution in [3.05, 3.63) is 45.9 Å². The molecule has 2 rings (SSSR count). The molecule has 162 valence electrons. The van der Waals surface area contributed by atoms with E-state index in [4.69, 9.17) is 14.5 Å². The van der Waals surface area contributed by atoms with Gasteiger partial charge < -0.3 is 20.1 Å². The summed E-state index contributed by atoms with van der Waals surface area (Å²) in [5.41, 5.74) is 2.27. The lowest BCUT2D eigenvalue weighted by atomic mass is 10.2. The van der Waals surface area contributed by atoms with Crippen molar-refractivity contribution >= 4 is 41.3 Å². The van der Waals surface area contributed by atoms with Crippen LogP contribution in [0.5, 0.6) is 5.75 Å². The van der Waals surface area contributed by atoms with Gasteiger partial charge in [-0.1, -0.05) is 26.0 Å². The maximum absolute atomic E-state index is 5.40. The van der Waals surface area contributed by atoms with Crippen molar-refractivity contribution in [1.82, 2.24) is 15.6 Å². The first-order chi connectivity index (χ1) is 13.6. The van der Waals surface area contributed by atoms with Crippen LogP contribution in [0.1, 0.15) is 49.4 Å². The molecular weight excluding hydrogens is 499 g/mol. The van der Waals surface area contributed by atoms with Crippen molar-refractivity contribution in [3.63, 3.8) is 0 Å². The van der Waals surface area contributed by atoms with Gasteiger partial charge in [0, 0.05) is 25.1 Å². The number of hydrogen-bond acceptors (Lipinski definition) is 5. The number of thiazole rings is 1. The van der Waals surface area contributed by atoms with E-state index < -0.39 is 0 Å². The Kier molecular flexibility index (Phi) is 12.9. The van der Waals surface area contributed by atoms with Gasteiger partial charge in [-0.3, -0.25) is 0 Å². The summed E-state index contributed by atoms with van der Waals surface area (Å²) in [5.74, 6) is 2.09. The molecule has 0 radical (unpaired) electrons. The number of hydrogen-bond donors (Lipinski definition) is 2. The van der Waals surface area contributed by atoms with Gasteiger partial charge in [-0.05, 0) is 37.0 Å². The van der Waals surface area contributed by atoms with E-state index >= 15 is 0 Å². The van der Waals surface area contributed by atoms with Gasteiger partial charge in [-0.15, -0.1) is 35.3 Å². The molecule has 0 aliphatic carbocycles. The van der Waals surface area contributed by atoms with Gasteiger partial charge in [0.1, 0.15) is 10.8 Å². The van der Waals surface area contributed by atoms with E-state index in [1.54, 1.807) is 18.4 Å². The second-order valence-electron chi connectivity index (χ2n) is 6.66. The Balaban J connectivity index is 0.00000420. The predicted molar refractivity (Wildman–Crippen MR) is 132 cm³/mol. The fraction of sp³-hybridized carbons (Fsp3) is 0.524. The Morgan fingerprint density at radius 1 is 1.21 bits per heavy atom. The molecule has 0 aliphatic rings. The molecule has 1 aromatic carbocycles. The van der Waals surface area contributed by atoms with Crippen LogP contribution in [0.25, 0.3) is 0 Å². The molecule has 0 fully saturated rings. The SMILES string of the molecule is CCOCCCNC(=NCc1ccc(OC)cc1)NCc1nc(C(C)C)cs1.I. The van der Waals surface area contributed by atoms with Gasteiger partial charge >= 0.3 is 0 Å². The van der Waals surface area contributed by atoms with Gasteiger partial charge in [0.2, 0.25) is 0 Å². The fourth-order valence-electron chi connectivity index (χ4n) is 2.43. The molecule has 1 aromatic heterocycles. The first-order valence-corrected chi connectivity index (χ1v) is 10.7. The Morgan fingerprint density at radius 3 is 2.59 bits per heavy atom. The Hall–Kier alpha value is -1.39. The zero-order chi connectivity index (χ0) is 20.2. The van der Waals surface area contributed by atoms with E-state index in [9.17, 15) is 0 Å².